The number of amides is 1. The van der Waals surface area contributed by atoms with Gasteiger partial charge in [-0.15, -0.1) is 11.8 Å². The maximum absolute atomic E-state index is 12.5. The number of carbonyl (C=O) groups excluding carboxylic acids is 1. The number of carbonyl (C=O) groups is 2. The molecular weight excluding hydrogens is 266 g/mol. The second-order valence-corrected chi connectivity index (χ2v) is 5.56. The van der Waals surface area contributed by atoms with Gasteiger partial charge in [-0.3, -0.25) is 4.79 Å². The number of carboxylic acids is 1. The number of ether oxygens (including phenoxy) is 1. The van der Waals surface area contributed by atoms with Gasteiger partial charge in [0.2, 0.25) is 5.91 Å². The van der Waals surface area contributed by atoms with E-state index in [1.165, 1.54) is 16.7 Å². The van der Waals surface area contributed by atoms with E-state index in [-0.39, 0.29) is 11.8 Å². The monoisotopic (exact) mass is 279 g/mol. The zero-order valence-corrected chi connectivity index (χ0v) is 10.9. The van der Waals surface area contributed by atoms with Crippen LogP contribution in [-0.2, 0) is 9.59 Å². The van der Waals surface area contributed by atoms with Crippen LogP contribution in [0.15, 0.2) is 24.3 Å². The van der Waals surface area contributed by atoms with Gasteiger partial charge in [0, 0.05) is 11.3 Å². The van der Waals surface area contributed by atoms with Crippen molar-refractivity contribution >= 4 is 23.6 Å². The van der Waals surface area contributed by atoms with Crippen molar-refractivity contribution in [3.63, 3.8) is 0 Å². The molecule has 3 rings (SSSR count). The van der Waals surface area contributed by atoms with Crippen LogP contribution in [0.3, 0.4) is 0 Å². The minimum Gasteiger partial charge on any atom is -0.492 e. The number of carboxylic acid groups (broad SMARTS) is 1. The third-order valence-corrected chi connectivity index (χ3v) is 4.46. The van der Waals surface area contributed by atoms with Crippen LogP contribution in [-0.4, -0.2) is 46.2 Å². The quantitative estimate of drug-likeness (QED) is 0.879. The van der Waals surface area contributed by atoms with Crippen LogP contribution in [0.1, 0.15) is 11.5 Å². The molecule has 1 aromatic rings. The molecule has 0 spiro atoms. The Balaban J connectivity index is 1.84. The van der Waals surface area contributed by atoms with Crippen LogP contribution in [0.5, 0.6) is 5.75 Å². The van der Waals surface area contributed by atoms with Gasteiger partial charge < -0.3 is 14.7 Å². The van der Waals surface area contributed by atoms with Crippen LogP contribution in [0, 0.1) is 0 Å². The van der Waals surface area contributed by atoms with E-state index in [4.69, 9.17) is 9.84 Å². The molecule has 2 atom stereocenters. The molecule has 2 heterocycles. The van der Waals surface area contributed by atoms with Crippen molar-refractivity contribution in [2.24, 2.45) is 0 Å². The second kappa shape index (κ2) is 4.77. The summed E-state index contributed by atoms with van der Waals surface area (Å²) in [5.74, 6) is 0.148. The number of thioether (sulfide) groups is 1. The summed E-state index contributed by atoms with van der Waals surface area (Å²) in [6.45, 7) is 0.297. The van der Waals surface area contributed by atoms with Crippen molar-refractivity contribution in [2.75, 3.05) is 18.2 Å². The Morgan fingerprint density at radius 3 is 2.95 bits per heavy atom. The number of nitrogens with zero attached hydrogens (tertiary/aromatic N) is 1. The summed E-state index contributed by atoms with van der Waals surface area (Å²) in [6, 6.07) is 6.70. The number of fused-ring (bicyclic) bond motifs is 1. The van der Waals surface area contributed by atoms with Crippen molar-refractivity contribution < 1.29 is 19.4 Å². The molecule has 1 amide bonds. The molecule has 19 heavy (non-hydrogen) atoms. The van der Waals surface area contributed by atoms with Gasteiger partial charge in [0.05, 0.1) is 5.88 Å². The first-order valence-electron chi connectivity index (χ1n) is 6.01. The summed E-state index contributed by atoms with van der Waals surface area (Å²) in [7, 11) is 0. The maximum Gasteiger partial charge on any atom is 0.327 e. The van der Waals surface area contributed by atoms with Crippen LogP contribution in [0.25, 0.3) is 0 Å². The number of aliphatic carboxylic acids is 1. The predicted octanol–water partition coefficient (Wildman–Crippen LogP) is 1.15. The van der Waals surface area contributed by atoms with E-state index in [1.54, 1.807) is 0 Å². The summed E-state index contributed by atoms with van der Waals surface area (Å²) >= 11 is 1.47. The normalized spacial score (nSPS) is 24.9. The lowest BCUT2D eigenvalue weighted by Crippen LogP contribution is -2.44. The summed E-state index contributed by atoms with van der Waals surface area (Å²) in [6.07, 6.45) is 0. The van der Waals surface area contributed by atoms with E-state index in [2.05, 4.69) is 0 Å². The molecule has 1 aromatic carbocycles. The first-order valence-corrected chi connectivity index (χ1v) is 7.16. The lowest BCUT2D eigenvalue weighted by Gasteiger charge is -2.23. The lowest BCUT2D eigenvalue weighted by molar-refractivity contribution is -0.148. The summed E-state index contributed by atoms with van der Waals surface area (Å²) in [5, 5.41) is 9.13. The highest BCUT2D eigenvalue weighted by Crippen LogP contribution is 2.36. The molecule has 100 valence electrons. The molecule has 0 saturated carbocycles. The first-order chi connectivity index (χ1) is 9.18. The molecule has 6 heteroatoms. The molecule has 0 aliphatic carbocycles. The third-order valence-electron chi connectivity index (χ3n) is 3.45. The number of hydrogen-bond donors (Lipinski definition) is 1. The van der Waals surface area contributed by atoms with Gasteiger partial charge in [-0.2, -0.15) is 0 Å². The standard InChI is InChI=1S/C13H13NO4S/c15-12(14-7-19-6-10(14)13(16)17)9-5-18-11-4-2-1-3-8(9)11/h1-4,9-10H,5-7H2,(H,16,17). The van der Waals surface area contributed by atoms with E-state index in [9.17, 15) is 9.59 Å². The number of rotatable bonds is 2. The highest BCUT2D eigenvalue weighted by atomic mass is 32.2. The molecule has 2 aliphatic rings. The largest absolute Gasteiger partial charge is 0.492 e. The molecule has 0 bridgehead atoms. The average Bonchev–Trinajstić information content (AvgIpc) is 3.05. The topological polar surface area (TPSA) is 66.8 Å². The van der Waals surface area contributed by atoms with Crippen molar-refractivity contribution in [2.45, 2.75) is 12.0 Å². The molecule has 0 aromatic heterocycles. The highest BCUT2D eigenvalue weighted by molar-refractivity contribution is 7.99. The SMILES string of the molecule is O=C(O)C1CSCN1C(=O)C1COc2ccccc21. The Hall–Kier alpha value is -1.69. The van der Waals surface area contributed by atoms with Crippen molar-refractivity contribution in [3.8, 4) is 5.75 Å². The minimum absolute atomic E-state index is 0.151. The molecule has 1 saturated heterocycles. The van der Waals surface area contributed by atoms with Crippen molar-refractivity contribution in [1.29, 1.82) is 0 Å². The molecule has 2 aliphatic heterocycles. The molecule has 1 fully saturated rings. The summed E-state index contributed by atoms with van der Waals surface area (Å²) < 4.78 is 5.49. The van der Waals surface area contributed by atoms with Crippen LogP contribution < -0.4 is 4.74 Å². The Morgan fingerprint density at radius 2 is 2.16 bits per heavy atom. The number of hydrogen-bond acceptors (Lipinski definition) is 4. The lowest BCUT2D eigenvalue weighted by atomic mass is 9.99. The van der Waals surface area contributed by atoms with Crippen molar-refractivity contribution in [3.05, 3.63) is 29.8 Å². The third kappa shape index (κ3) is 2.06. The van der Waals surface area contributed by atoms with E-state index < -0.39 is 12.0 Å². The van der Waals surface area contributed by atoms with Crippen LogP contribution in [0.4, 0.5) is 0 Å². The van der Waals surface area contributed by atoms with E-state index in [0.717, 1.165) is 11.3 Å². The number of benzene rings is 1. The van der Waals surface area contributed by atoms with Gasteiger partial charge in [-0.25, -0.2) is 4.79 Å². The summed E-state index contributed by atoms with van der Waals surface area (Å²) in [5.41, 5.74) is 0.855. The van der Waals surface area contributed by atoms with Gasteiger partial charge in [-0.05, 0) is 6.07 Å². The van der Waals surface area contributed by atoms with Gasteiger partial charge in [0.25, 0.3) is 0 Å². The second-order valence-electron chi connectivity index (χ2n) is 4.56. The van der Waals surface area contributed by atoms with Gasteiger partial charge in [0.15, 0.2) is 0 Å². The molecule has 1 N–H and O–H groups in total. The Kier molecular flexibility index (Phi) is 3.10. The Bertz CT molecular complexity index is 533. The average molecular weight is 279 g/mol. The summed E-state index contributed by atoms with van der Waals surface area (Å²) in [4.78, 5) is 25.1. The molecule has 2 unspecified atom stereocenters. The highest BCUT2D eigenvalue weighted by Gasteiger charge is 2.40. The fourth-order valence-corrected chi connectivity index (χ4v) is 3.59. The smallest absolute Gasteiger partial charge is 0.327 e. The number of para-hydroxylation sites is 1. The van der Waals surface area contributed by atoms with Crippen LogP contribution >= 0.6 is 11.8 Å². The fraction of sp³-hybridized carbons (Fsp3) is 0.385. The van der Waals surface area contributed by atoms with Crippen molar-refractivity contribution in [1.82, 2.24) is 4.90 Å². The fourth-order valence-electron chi connectivity index (χ4n) is 2.43. The Morgan fingerprint density at radius 1 is 1.37 bits per heavy atom. The predicted molar refractivity (Wildman–Crippen MR) is 70.3 cm³/mol. The van der Waals surface area contributed by atoms with Gasteiger partial charge in [0.1, 0.15) is 24.3 Å². The van der Waals surface area contributed by atoms with Crippen LogP contribution in [0.2, 0.25) is 0 Å². The van der Waals surface area contributed by atoms with E-state index in [0.29, 0.717) is 18.2 Å². The van der Waals surface area contributed by atoms with E-state index >= 15 is 0 Å². The zero-order chi connectivity index (χ0) is 13.4. The molecular formula is C13H13NO4S. The van der Waals surface area contributed by atoms with Gasteiger partial charge in [-0.1, -0.05) is 18.2 Å². The van der Waals surface area contributed by atoms with E-state index in [1.807, 2.05) is 24.3 Å². The molecule has 0 radical (unpaired) electrons. The minimum atomic E-state index is -0.939. The Labute approximate surface area is 114 Å². The zero-order valence-electron chi connectivity index (χ0n) is 10.1. The van der Waals surface area contributed by atoms with Gasteiger partial charge >= 0.3 is 5.97 Å². The first kappa shape index (κ1) is 12.3. The molecule has 5 nitrogen and oxygen atoms in total. The maximum atomic E-state index is 12.5.